The Kier molecular flexibility index (Phi) is 6.16. The van der Waals surface area contributed by atoms with Crippen LogP contribution in [0, 0.1) is 0 Å². The molecule has 2 saturated carbocycles. The van der Waals surface area contributed by atoms with Gasteiger partial charge in [0.2, 0.25) is 5.95 Å². The van der Waals surface area contributed by atoms with Crippen LogP contribution in [0.25, 0.3) is 0 Å². The summed E-state index contributed by atoms with van der Waals surface area (Å²) in [4.78, 5) is 20.6. The molecule has 3 rings (SSSR count). The van der Waals surface area contributed by atoms with Crippen LogP contribution in [0.5, 0.6) is 0 Å². The van der Waals surface area contributed by atoms with Crippen molar-refractivity contribution in [3.8, 4) is 0 Å². The van der Waals surface area contributed by atoms with Crippen LogP contribution in [-0.2, 0) is 4.74 Å². The monoisotopic (exact) mass is 377 g/mol. The number of hydrogen-bond donors (Lipinski definition) is 4. The molecule has 1 aromatic heterocycles. The van der Waals surface area contributed by atoms with E-state index in [0.29, 0.717) is 30.3 Å². The molecule has 0 aliphatic heterocycles. The van der Waals surface area contributed by atoms with Crippen molar-refractivity contribution in [3.05, 3.63) is 11.8 Å². The molecule has 0 bridgehead atoms. The molecule has 0 spiro atoms. The van der Waals surface area contributed by atoms with E-state index in [0.717, 1.165) is 44.9 Å². The molecule has 150 valence electrons. The normalized spacial score (nSPS) is 31.3. The maximum absolute atomic E-state index is 11.8. The number of rotatable bonds is 6. The van der Waals surface area contributed by atoms with E-state index in [4.69, 9.17) is 10.5 Å². The molecule has 2 fully saturated rings. The van der Waals surface area contributed by atoms with Crippen molar-refractivity contribution in [1.29, 1.82) is 0 Å². The second-order valence-corrected chi connectivity index (χ2v) is 8.11. The minimum Gasteiger partial charge on any atom is -0.390 e. The third-order valence-corrected chi connectivity index (χ3v) is 5.69. The Bertz CT molecular complexity index is 659. The molecule has 2 atom stereocenters. The molecule has 27 heavy (non-hydrogen) atoms. The fourth-order valence-electron chi connectivity index (χ4n) is 4.15. The van der Waals surface area contributed by atoms with E-state index in [1.54, 1.807) is 7.11 Å². The molecule has 0 unspecified atom stereocenters. The number of nitrogens with two attached hydrogens (primary N) is 1. The lowest BCUT2D eigenvalue weighted by Gasteiger charge is -2.34. The zero-order chi connectivity index (χ0) is 19.4. The van der Waals surface area contributed by atoms with Gasteiger partial charge in [-0.15, -0.1) is 0 Å². The highest BCUT2D eigenvalue weighted by atomic mass is 16.5. The third-order valence-electron chi connectivity index (χ3n) is 5.69. The Balaban J connectivity index is 1.70. The smallest absolute Gasteiger partial charge is 0.254 e. The highest BCUT2D eigenvalue weighted by molar-refractivity contribution is 5.97. The van der Waals surface area contributed by atoms with Crippen LogP contribution in [0.3, 0.4) is 0 Å². The number of nitrogens with one attached hydrogen (secondary N) is 2. The summed E-state index contributed by atoms with van der Waals surface area (Å²) in [6.45, 7) is 1.85. The quantitative estimate of drug-likeness (QED) is 0.598. The van der Waals surface area contributed by atoms with Gasteiger partial charge in [0, 0.05) is 25.4 Å². The molecule has 0 saturated heterocycles. The number of aromatic nitrogens is 2. The van der Waals surface area contributed by atoms with Gasteiger partial charge in [-0.05, 0) is 58.3 Å². The molecule has 1 aromatic rings. The summed E-state index contributed by atoms with van der Waals surface area (Å²) < 4.78 is 5.41. The molecule has 0 aromatic carbocycles. The molecule has 2 aliphatic carbocycles. The highest BCUT2D eigenvalue weighted by Crippen LogP contribution is 2.30. The van der Waals surface area contributed by atoms with Crippen LogP contribution >= 0.6 is 0 Å². The van der Waals surface area contributed by atoms with Gasteiger partial charge >= 0.3 is 0 Å². The van der Waals surface area contributed by atoms with Crippen molar-refractivity contribution in [2.45, 2.75) is 82.1 Å². The lowest BCUT2D eigenvalue weighted by molar-refractivity contribution is 0.0182. The summed E-state index contributed by atoms with van der Waals surface area (Å²) in [6.07, 6.45) is 9.05. The molecule has 2 aliphatic rings. The van der Waals surface area contributed by atoms with Crippen molar-refractivity contribution >= 4 is 17.7 Å². The molecule has 1 amide bonds. The predicted octanol–water partition coefficient (Wildman–Crippen LogP) is 2.05. The van der Waals surface area contributed by atoms with Crippen molar-refractivity contribution in [2.75, 3.05) is 17.7 Å². The number of amides is 1. The fourth-order valence-corrected chi connectivity index (χ4v) is 4.15. The average Bonchev–Trinajstić information content (AvgIpc) is 2.61. The Morgan fingerprint density at radius 1 is 1.26 bits per heavy atom. The van der Waals surface area contributed by atoms with Crippen LogP contribution < -0.4 is 16.4 Å². The number of carbonyl (C=O) groups is 1. The summed E-state index contributed by atoms with van der Waals surface area (Å²) in [7, 11) is 1.75. The van der Waals surface area contributed by atoms with Crippen LogP contribution in [0.2, 0.25) is 0 Å². The third kappa shape index (κ3) is 5.29. The van der Waals surface area contributed by atoms with E-state index >= 15 is 0 Å². The molecule has 8 nitrogen and oxygen atoms in total. The van der Waals surface area contributed by atoms with Gasteiger partial charge in [0.15, 0.2) is 0 Å². The van der Waals surface area contributed by atoms with E-state index in [1.807, 2.05) is 6.92 Å². The van der Waals surface area contributed by atoms with Gasteiger partial charge in [-0.2, -0.15) is 4.98 Å². The topological polar surface area (TPSA) is 122 Å². The average molecular weight is 377 g/mol. The number of aliphatic hydroxyl groups is 1. The lowest BCUT2D eigenvalue weighted by Crippen LogP contribution is -2.38. The fraction of sp³-hybridized carbons (Fsp3) is 0.737. The van der Waals surface area contributed by atoms with Gasteiger partial charge in [-0.25, -0.2) is 4.98 Å². The van der Waals surface area contributed by atoms with Crippen molar-refractivity contribution in [2.24, 2.45) is 5.73 Å². The Hall–Kier alpha value is -1.93. The van der Waals surface area contributed by atoms with Gasteiger partial charge in [-0.3, -0.25) is 4.79 Å². The number of anilines is 2. The molecular formula is C19H31N5O3. The number of ether oxygens (including phenoxy) is 1. The summed E-state index contributed by atoms with van der Waals surface area (Å²) in [6, 6.07) is 0.339. The van der Waals surface area contributed by atoms with E-state index in [2.05, 4.69) is 20.6 Å². The minimum absolute atomic E-state index is 0.0479. The van der Waals surface area contributed by atoms with Crippen LogP contribution in [0.4, 0.5) is 11.8 Å². The van der Waals surface area contributed by atoms with Gasteiger partial charge in [-0.1, -0.05) is 0 Å². The second-order valence-electron chi connectivity index (χ2n) is 8.11. The number of primary amides is 1. The summed E-state index contributed by atoms with van der Waals surface area (Å²) in [5.74, 6) is 0.367. The first-order valence-corrected chi connectivity index (χ1v) is 9.81. The van der Waals surface area contributed by atoms with Crippen molar-refractivity contribution in [1.82, 2.24) is 9.97 Å². The zero-order valence-corrected chi connectivity index (χ0v) is 16.2. The molecular weight excluding hydrogens is 346 g/mol. The maximum atomic E-state index is 11.8. The van der Waals surface area contributed by atoms with Crippen molar-refractivity contribution in [3.63, 3.8) is 0 Å². The largest absolute Gasteiger partial charge is 0.390 e. The van der Waals surface area contributed by atoms with E-state index in [1.165, 1.54) is 6.20 Å². The second kappa shape index (κ2) is 8.39. The SMILES string of the molecule is COC1CCC(Nc2ncc(C(N)=O)c(N[C@@H]3CCC[C@](C)(O)C3)n2)CC1. The molecule has 0 radical (unpaired) electrons. The van der Waals surface area contributed by atoms with Gasteiger partial charge in [0.05, 0.1) is 17.3 Å². The van der Waals surface area contributed by atoms with Gasteiger partial charge in [0.1, 0.15) is 5.82 Å². The molecule has 5 N–H and O–H groups in total. The first-order valence-electron chi connectivity index (χ1n) is 9.81. The van der Waals surface area contributed by atoms with Crippen LogP contribution in [-0.4, -0.2) is 51.9 Å². The van der Waals surface area contributed by atoms with Crippen LogP contribution in [0.15, 0.2) is 6.20 Å². The Morgan fingerprint density at radius 3 is 2.63 bits per heavy atom. The predicted molar refractivity (Wildman–Crippen MR) is 104 cm³/mol. The van der Waals surface area contributed by atoms with E-state index < -0.39 is 11.5 Å². The highest BCUT2D eigenvalue weighted by Gasteiger charge is 2.31. The van der Waals surface area contributed by atoms with Gasteiger partial charge < -0.3 is 26.2 Å². The molecule has 1 heterocycles. The summed E-state index contributed by atoms with van der Waals surface area (Å²) in [5, 5.41) is 17.0. The number of hydrogen-bond acceptors (Lipinski definition) is 7. The van der Waals surface area contributed by atoms with E-state index in [-0.39, 0.29) is 11.6 Å². The zero-order valence-electron chi connectivity index (χ0n) is 16.2. The summed E-state index contributed by atoms with van der Waals surface area (Å²) in [5.41, 5.74) is 5.07. The standard InChI is InChI=1S/C19H31N5O3/c1-19(26)9-3-4-13(10-19)22-17-15(16(20)25)11-21-18(24-17)23-12-5-7-14(27-2)8-6-12/h11-14,26H,3-10H2,1-2H3,(H2,20,25)(H2,21,22,23,24)/t12?,13-,14?,19+/m1/s1. The minimum atomic E-state index is -0.698. The number of methoxy groups -OCH3 is 1. The first kappa shape index (κ1) is 19.8. The number of nitrogens with zero attached hydrogens (tertiary/aromatic N) is 2. The Morgan fingerprint density at radius 2 is 2.00 bits per heavy atom. The summed E-state index contributed by atoms with van der Waals surface area (Å²) >= 11 is 0. The van der Waals surface area contributed by atoms with E-state index in [9.17, 15) is 9.90 Å². The Labute approximate surface area is 160 Å². The maximum Gasteiger partial charge on any atom is 0.254 e. The lowest BCUT2D eigenvalue weighted by atomic mass is 9.83. The van der Waals surface area contributed by atoms with Crippen LogP contribution in [0.1, 0.15) is 68.6 Å². The number of carbonyl (C=O) groups excluding carboxylic acids is 1. The van der Waals surface area contributed by atoms with Gasteiger partial charge in [0.25, 0.3) is 5.91 Å². The molecule has 8 heteroatoms. The first-order chi connectivity index (χ1) is 12.9. The van der Waals surface area contributed by atoms with Crippen molar-refractivity contribution < 1.29 is 14.6 Å².